The van der Waals surface area contributed by atoms with Gasteiger partial charge in [0.2, 0.25) is 6.04 Å². The van der Waals surface area contributed by atoms with Gasteiger partial charge in [0, 0.05) is 18.3 Å². The fraction of sp³-hybridized carbons (Fsp3) is 0.211. The zero-order valence-electron chi connectivity index (χ0n) is 16.0. The third kappa shape index (κ3) is 8.55. The van der Waals surface area contributed by atoms with E-state index in [0.717, 1.165) is 12.1 Å². The Kier molecular flexibility index (Phi) is 9.53. The van der Waals surface area contributed by atoms with Gasteiger partial charge in [0.25, 0.3) is 0 Å². The van der Waals surface area contributed by atoms with E-state index in [9.17, 15) is 31.5 Å². The maximum atomic E-state index is 13.2. The number of halogens is 5. The molecule has 174 valence electrons. The van der Waals surface area contributed by atoms with Gasteiger partial charge in [0.15, 0.2) is 11.6 Å². The van der Waals surface area contributed by atoms with Crippen LogP contribution in [0.4, 0.5) is 27.6 Å². The topological polar surface area (TPSA) is 139 Å². The van der Waals surface area contributed by atoms with E-state index in [1.165, 1.54) is 0 Å². The Bertz CT molecular complexity index is 953. The molecule has 2 aromatic carbocycles. The van der Waals surface area contributed by atoms with E-state index in [-0.39, 0.29) is 24.4 Å². The summed E-state index contributed by atoms with van der Waals surface area (Å²) in [4.78, 5) is 32.1. The number of rotatable bonds is 7. The second kappa shape index (κ2) is 11.6. The summed E-state index contributed by atoms with van der Waals surface area (Å²) >= 11 is 0. The fourth-order valence-electron chi connectivity index (χ4n) is 2.05. The standard InChI is InChI=1S/C17H16F2N2O4.C2HF3O2/c18-12-6-11(14(20)7-13(12)19)8-21-15(16(22)23)17(24)25-9-10-4-2-1-3-5-10;3-2(4,5)1(6)7/h1-7,15,21H,8-9,20H2,(H,22,23);(H,6,7). The van der Waals surface area contributed by atoms with E-state index in [2.05, 4.69) is 5.32 Å². The monoisotopic (exact) mass is 464 g/mol. The zero-order valence-corrected chi connectivity index (χ0v) is 16.0. The van der Waals surface area contributed by atoms with Crippen molar-refractivity contribution in [3.05, 3.63) is 65.2 Å². The van der Waals surface area contributed by atoms with E-state index in [1.807, 2.05) is 0 Å². The summed E-state index contributed by atoms with van der Waals surface area (Å²) in [6, 6.07) is 8.69. The molecule has 0 spiro atoms. The van der Waals surface area contributed by atoms with Gasteiger partial charge in [0.05, 0.1) is 0 Å². The lowest BCUT2D eigenvalue weighted by Gasteiger charge is -2.15. The number of alkyl halides is 3. The number of nitrogens with one attached hydrogen (secondary N) is 1. The summed E-state index contributed by atoms with van der Waals surface area (Å²) in [5.41, 5.74) is 6.32. The third-order valence-corrected chi connectivity index (χ3v) is 3.63. The number of carboxylic acids is 2. The van der Waals surface area contributed by atoms with Crippen LogP contribution < -0.4 is 11.1 Å². The van der Waals surface area contributed by atoms with Crippen LogP contribution >= 0.6 is 0 Å². The van der Waals surface area contributed by atoms with Crippen LogP contribution in [0.3, 0.4) is 0 Å². The average Bonchev–Trinajstić information content (AvgIpc) is 2.70. The van der Waals surface area contributed by atoms with Gasteiger partial charge in [-0.2, -0.15) is 13.2 Å². The molecule has 1 atom stereocenters. The molecule has 13 heteroatoms. The molecule has 32 heavy (non-hydrogen) atoms. The van der Waals surface area contributed by atoms with Crippen LogP contribution in [-0.2, 0) is 32.3 Å². The van der Waals surface area contributed by atoms with Crippen molar-refractivity contribution in [3.63, 3.8) is 0 Å². The van der Waals surface area contributed by atoms with Crippen molar-refractivity contribution in [3.8, 4) is 0 Å². The van der Waals surface area contributed by atoms with Gasteiger partial charge >= 0.3 is 24.1 Å². The van der Waals surface area contributed by atoms with Crippen LogP contribution in [0.15, 0.2) is 42.5 Å². The summed E-state index contributed by atoms with van der Waals surface area (Å²) in [7, 11) is 0. The first-order chi connectivity index (χ1) is 14.8. The molecule has 5 N–H and O–H groups in total. The van der Waals surface area contributed by atoms with Crippen molar-refractivity contribution >= 4 is 23.6 Å². The second-order valence-corrected chi connectivity index (χ2v) is 6.01. The van der Waals surface area contributed by atoms with Crippen LogP contribution in [0.2, 0.25) is 0 Å². The van der Waals surface area contributed by atoms with Crippen LogP contribution in [0.5, 0.6) is 0 Å². The maximum Gasteiger partial charge on any atom is 0.490 e. The van der Waals surface area contributed by atoms with Crippen molar-refractivity contribution in [1.29, 1.82) is 0 Å². The van der Waals surface area contributed by atoms with E-state index in [4.69, 9.17) is 25.5 Å². The zero-order chi connectivity index (χ0) is 24.5. The van der Waals surface area contributed by atoms with Gasteiger partial charge in [0.1, 0.15) is 6.61 Å². The molecule has 2 aromatic rings. The number of benzene rings is 2. The molecule has 0 bridgehead atoms. The smallest absolute Gasteiger partial charge is 0.480 e. The van der Waals surface area contributed by atoms with Crippen molar-refractivity contribution in [2.75, 3.05) is 5.73 Å². The predicted molar refractivity (Wildman–Crippen MR) is 99.0 cm³/mol. The second-order valence-electron chi connectivity index (χ2n) is 6.01. The highest BCUT2D eigenvalue weighted by molar-refractivity contribution is 5.98. The molecular weight excluding hydrogens is 447 g/mol. The Morgan fingerprint density at radius 3 is 2.06 bits per heavy atom. The van der Waals surface area contributed by atoms with Gasteiger partial charge < -0.3 is 20.7 Å². The minimum Gasteiger partial charge on any atom is -0.480 e. The van der Waals surface area contributed by atoms with Crippen LogP contribution in [-0.4, -0.2) is 40.3 Å². The maximum absolute atomic E-state index is 13.2. The molecule has 0 radical (unpaired) electrons. The molecule has 0 aliphatic carbocycles. The van der Waals surface area contributed by atoms with Gasteiger partial charge in [-0.15, -0.1) is 0 Å². The van der Waals surface area contributed by atoms with Crippen LogP contribution in [0, 0.1) is 11.6 Å². The summed E-state index contributed by atoms with van der Waals surface area (Å²) < 4.78 is 63.0. The summed E-state index contributed by atoms with van der Waals surface area (Å²) in [6.45, 7) is -0.334. The number of carbonyl (C=O) groups excluding carboxylic acids is 1. The molecule has 0 aromatic heterocycles. The van der Waals surface area contributed by atoms with Crippen LogP contribution in [0.1, 0.15) is 11.1 Å². The number of ether oxygens (including phenoxy) is 1. The first-order valence-corrected chi connectivity index (χ1v) is 8.53. The molecule has 2 rings (SSSR count). The lowest BCUT2D eigenvalue weighted by Crippen LogP contribution is -2.44. The summed E-state index contributed by atoms with van der Waals surface area (Å²) in [5, 5.41) is 18.7. The largest absolute Gasteiger partial charge is 0.490 e. The Labute approximate surface area is 177 Å². The Balaban J connectivity index is 0.000000633. The van der Waals surface area contributed by atoms with E-state index >= 15 is 0 Å². The molecule has 0 heterocycles. The van der Waals surface area contributed by atoms with Gasteiger partial charge in [-0.25, -0.2) is 23.2 Å². The lowest BCUT2D eigenvalue weighted by molar-refractivity contribution is -0.192. The average molecular weight is 464 g/mol. The fourth-order valence-corrected chi connectivity index (χ4v) is 2.05. The van der Waals surface area contributed by atoms with E-state index in [0.29, 0.717) is 5.56 Å². The molecule has 0 fully saturated rings. The van der Waals surface area contributed by atoms with Gasteiger partial charge in [-0.05, 0) is 17.2 Å². The predicted octanol–water partition coefficient (Wildman–Crippen LogP) is 2.47. The van der Waals surface area contributed by atoms with Crippen molar-refractivity contribution in [2.24, 2.45) is 0 Å². The van der Waals surface area contributed by atoms with Crippen molar-refractivity contribution in [2.45, 2.75) is 25.4 Å². The molecular formula is C19H17F5N2O6. The number of aliphatic carboxylic acids is 2. The quantitative estimate of drug-likeness (QED) is 0.212. The molecule has 0 aliphatic heterocycles. The van der Waals surface area contributed by atoms with Crippen LogP contribution in [0.25, 0.3) is 0 Å². The van der Waals surface area contributed by atoms with Crippen molar-refractivity contribution < 1.29 is 51.3 Å². The summed E-state index contributed by atoms with van der Waals surface area (Å²) in [5.74, 6) is -7.45. The number of nitrogens with two attached hydrogens (primary N) is 1. The van der Waals surface area contributed by atoms with E-state index in [1.54, 1.807) is 30.3 Å². The third-order valence-electron chi connectivity index (χ3n) is 3.63. The SMILES string of the molecule is Nc1cc(F)c(F)cc1CNC(C(=O)O)C(=O)OCc1ccccc1.O=C(O)C(F)(F)F. The summed E-state index contributed by atoms with van der Waals surface area (Å²) in [6.07, 6.45) is -5.08. The number of esters is 1. The van der Waals surface area contributed by atoms with Gasteiger partial charge in [-0.1, -0.05) is 30.3 Å². The Hall–Kier alpha value is -3.74. The number of anilines is 1. The van der Waals surface area contributed by atoms with E-state index < -0.39 is 41.8 Å². The van der Waals surface area contributed by atoms with Gasteiger partial charge in [-0.3, -0.25) is 5.32 Å². The lowest BCUT2D eigenvalue weighted by atomic mass is 10.1. The van der Waals surface area contributed by atoms with Crippen molar-refractivity contribution in [1.82, 2.24) is 5.32 Å². The number of hydrogen-bond acceptors (Lipinski definition) is 6. The molecule has 8 nitrogen and oxygen atoms in total. The number of carboxylic acid groups (broad SMARTS) is 2. The molecule has 0 saturated heterocycles. The highest BCUT2D eigenvalue weighted by atomic mass is 19.4. The highest BCUT2D eigenvalue weighted by Crippen LogP contribution is 2.17. The number of nitrogen functional groups attached to an aromatic ring is 1. The minimum absolute atomic E-state index is 0.0619. The first kappa shape index (κ1) is 26.3. The molecule has 1 unspecified atom stereocenters. The minimum atomic E-state index is -5.08. The molecule has 0 aliphatic rings. The normalized spacial score (nSPS) is 11.7. The molecule has 0 saturated carbocycles. The Morgan fingerprint density at radius 1 is 1.03 bits per heavy atom. The first-order valence-electron chi connectivity index (χ1n) is 8.53. The number of carbonyl (C=O) groups is 3. The Morgan fingerprint density at radius 2 is 1.56 bits per heavy atom. The number of hydrogen-bond donors (Lipinski definition) is 4. The highest BCUT2D eigenvalue weighted by Gasteiger charge is 2.38. The molecule has 0 amide bonds.